The molecule has 5 nitrogen and oxygen atoms in total. The summed E-state index contributed by atoms with van der Waals surface area (Å²) in [6.45, 7) is 3.12. The van der Waals surface area contributed by atoms with Gasteiger partial charge in [-0.2, -0.15) is 0 Å². The minimum absolute atomic E-state index is 0.109. The number of carbonyl (C=O) groups excluding carboxylic acids is 1. The summed E-state index contributed by atoms with van der Waals surface area (Å²) in [5, 5.41) is 0.233. The molecule has 1 aliphatic heterocycles. The van der Waals surface area contributed by atoms with Crippen LogP contribution in [0.1, 0.15) is 31.4 Å². The van der Waals surface area contributed by atoms with Gasteiger partial charge in [-0.1, -0.05) is 0 Å². The van der Waals surface area contributed by atoms with Crippen LogP contribution in [0.15, 0.2) is 30.6 Å². The molecule has 22 heavy (non-hydrogen) atoms. The third kappa shape index (κ3) is 3.25. The van der Waals surface area contributed by atoms with E-state index in [1.54, 1.807) is 19.3 Å². The number of nitrogens with zero attached hydrogens (tertiary/aromatic N) is 4. The van der Waals surface area contributed by atoms with Gasteiger partial charge >= 0.3 is 0 Å². The molecule has 1 atom stereocenters. The first kappa shape index (κ1) is 14.9. The Morgan fingerprint density at radius 2 is 2.27 bits per heavy atom. The molecule has 0 saturated carbocycles. The molecule has 3 heterocycles. The SMILES string of the molecule is CC(=O)N1CCCC(c2cc(-c3cccnc3)nc(Cl)n2)C1. The van der Waals surface area contributed by atoms with E-state index >= 15 is 0 Å². The van der Waals surface area contributed by atoms with E-state index in [0.717, 1.165) is 36.3 Å². The zero-order valence-corrected chi connectivity index (χ0v) is 13.1. The van der Waals surface area contributed by atoms with Crippen molar-refractivity contribution in [2.45, 2.75) is 25.7 Å². The first-order valence-electron chi connectivity index (χ1n) is 7.34. The summed E-state index contributed by atoms with van der Waals surface area (Å²) in [5.41, 5.74) is 2.57. The highest BCUT2D eigenvalue weighted by Crippen LogP contribution is 2.29. The van der Waals surface area contributed by atoms with Crippen molar-refractivity contribution in [3.63, 3.8) is 0 Å². The molecule has 0 aliphatic carbocycles. The van der Waals surface area contributed by atoms with E-state index in [4.69, 9.17) is 11.6 Å². The molecule has 0 spiro atoms. The van der Waals surface area contributed by atoms with Gasteiger partial charge in [-0.05, 0) is 42.6 Å². The predicted octanol–water partition coefficient (Wildman–Crippen LogP) is 2.92. The standard InChI is InChI=1S/C16H17ClN4O/c1-11(22)21-7-3-5-13(10-21)15-8-14(19-16(17)20-15)12-4-2-6-18-9-12/h2,4,6,8-9,13H,3,5,7,10H2,1H3. The second-order valence-electron chi connectivity index (χ2n) is 5.49. The number of likely N-dealkylation sites (tertiary alicyclic amines) is 1. The summed E-state index contributed by atoms with van der Waals surface area (Å²) in [4.78, 5) is 26.2. The third-order valence-corrected chi connectivity index (χ3v) is 4.13. The van der Waals surface area contributed by atoms with Crippen LogP contribution in [0, 0.1) is 0 Å². The van der Waals surface area contributed by atoms with Crippen LogP contribution in [0.2, 0.25) is 5.28 Å². The van der Waals surface area contributed by atoms with Crippen molar-refractivity contribution in [2.75, 3.05) is 13.1 Å². The maximum atomic E-state index is 11.6. The lowest BCUT2D eigenvalue weighted by molar-refractivity contribution is -0.130. The van der Waals surface area contributed by atoms with Crippen LogP contribution in [-0.2, 0) is 4.79 Å². The van der Waals surface area contributed by atoms with Gasteiger partial charge in [-0.15, -0.1) is 0 Å². The predicted molar refractivity (Wildman–Crippen MR) is 84.5 cm³/mol. The maximum absolute atomic E-state index is 11.6. The van der Waals surface area contributed by atoms with Crippen LogP contribution >= 0.6 is 11.6 Å². The van der Waals surface area contributed by atoms with Crippen molar-refractivity contribution in [2.24, 2.45) is 0 Å². The number of aromatic nitrogens is 3. The maximum Gasteiger partial charge on any atom is 0.223 e. The first-order chi connectivity index (χ1) is 10.6. The highest BCUT2D eigenvalue weighted by Gasteiger charge is 2.24. The van der Waals surface area contributed by atoms with E-state index in [-0.39, 0.29) is 17.1 Å². The fourth-order valence-corrected chi connectivity index (χ4v) is 3.00. The Balaban J connectivity index is 1.91. The van der Waals surface area contributed by atoms with Crippen LogP contribution in [0.5, 0.6) is 0 Å². The van der Waals surface area contributed by atoms with Gasteiger partial charge in [0.15, 0.2) is 0 Å². The molecule has 1 fully saturated rings. The number of halogens is 1. The topological polar surface area (TPSA) is 59.0 Å². The Kier molecular flexibility index (Phi) is 4.34. The first-order valence-corrected chi connectivity index (χ1v) is 7.71. The molecule has 2 aromatic rings. The Morgan fingerprint density at radius 1 is 1.41 bits per heavy atom. The molecule has 3 rings (SSSR count). The number of carbonyl (C=O) groups is 1. The molecule has 0 aromatic carbocycles. The molecule has 6 heteroatoms. The van der Waals surface area contributed by atoms with Crippen LogP contribution in [0.25, 0.3) is 11.3 Å². The normalized spacial score (nSPS) is 18.3. The van der Waals surface area contributed by atoms with Crippen molar-refractivity contribution in [3.8, 4) is 11.3 Å². The summed E-state index contributed by atoms with van der Waals surface area (Å²) in [6, 6.07) is 5.76. The van der Waals surface area contributed by atoms with E-state index in [2.05, 4.69) is 15.0 Å². The van der Waals surface area contributed by atoms with Gasteiger partial charge in [-0.3, -0.25) is 9.78 Å². The van der Waals surface area contributed by atoms with Crippen molar-refractivity contribution in [1.82, 2.24) is 19.9 Å². The van der Waals surface area contributed by atoms with Crippen LogP contribution < -0.4 is 0 Å². The molecular formula is C16H17ClN4O. The molecule has 1 saturated heterocycles. The molecule has 1 amide bonds. The van der Waals surface area contributed by atoms with E-state index in [1.807, 2.05) is 23.1 Å². The Bertz CT molecular complexity index is 677. The number of hydrogen-bond acceptors (Lipinski definition) is 4. The fourth-order valence-electron chi connectivity index (χ4n) is 2.81. The smallest absolute Gasteiger partial charge is 0.223 e. The summed E-state index contributed by atoms with van der Waals surface area (Å²) in [6.07, 6.45) is 5.46. The Morgan fingerprint density at radius 3 is 3.00 bits per heavy atom. The minimum Gasteiger partial charge on any atom is -0.342 e. The van der Waals surface area contributed by atoms with Crippen LogP contribution in [0.3, 0.4) is 0 Å². The van der Waals surface area contributed by atoms with E-state index in [0.29, 0.717) is 6.54 Å². The molecule has 0 radical (unpaired) electrons. The molecule has 2 aromatic heterocycles. The van der Waals surface area contributed by atoms with Gasteiger partial charge < -0.3 is 4.90 Å². The molecule has 114 valence electrons. The highest BCUT2D eigenvalue weighted by molar-refractivity contribution is 6.28. The highest BCUT2D eigenvalue weighted by atomic mass is 35.5. The van der Waals surface area contributed by atoms with Crippen molar-refractivity contribution in [3.05, 3.63) is 41.6 Å². The number of amides is 1. The van der Waals surface area contributed by atoms with E-state index < -0.39 is 0 Å². The fraction of sp³-hybridized carbons (Fsp3) is 0.375. The van der Waals surface area contributed by atoms with Gasteiger partial charge in [0.25, 0.3) is 0 Å². The lowest BCUT2D eigenvalue weighted by atomic mass is 9.93. The third-order valence-electron chi connectivity index (χ3n) is 3.96. The van der Waals surface area contributed by atoms with Crippen LogP contribution in [-0.4, -0.2) is 38.8 Å². The minimum atomic E-state index is 0.109. The number of piperidine rings is 1. The zero-order chi connectivity index (χ0) is 15.5. The zero-order valence-electron chi connectivity index (χ0n) is 12.4. The molecular weight excluding hydrogens is 300 g/mol. The lowest BCUT2D eigenvalue weighted by Gasteiger charge is -2.31. The molecule has 0 bridgehead atoms. The summed E-state index contributed by atoms with van der Waals surface area (Å²) in [5.74, 6) is 0.311. The summed E-state index contributed by atoms with van der Waals surface area (Å²) in [7, 11) is 0. The number of pyridine rings is 1. The second-order valence-corrected chi connectivity index (χ2v) is 5.83. The van der Waals surface area contributed by atoms with Crippen LogP contribution in [0.4, 0.5) is 0 Å². The largest absolute Gasteiger partial charge is 0.342 e. The Hall–Kier alpha value is -2.01. The molecule has 0 N–H and O–H groups in total. The van der Waals surface area contributed by atoms with Crippen molar-refractivity contribution < 1.29 is 4.79 Å². The molecule has 1 aliphatic rings. The Labute approximate surface area is 134 Å². The van der Waals surface area contributed by atoms with Crippen molar-refractivity contribution >= 4 is 17.5 Å². The van der Waals surface area contributed by atoms with Gasteiger partial charge in [0, 0.05) is 43.9 Å². The van der Waals surface area contributed by atoms with Crippen molar-refractivity contribution in [1.29, 1.82) is 0 Å². The van der Waals surface area contributed by atoms with Gasteiger partial charge in [0.05, 0.1) is 11.4 Å². The van der Waals surface area contributed by atoms with Gasteiger partial charge in [0.1, 0.15) is 0 Å². The number of hydrogen-bond donors (Lipinski definition) is 0. The van der Waals surface area contributed by atoms with Gasteiger partial charge in [-0.25, -0.2) is 9.97 Å². The summed E-state index contributed by atoms with van der Waals surface area (Å²) < 4.78 is 0. The quantitative estimate of drug-likeness (QED) is 0.799. The average Bonchev–Trinajstić information content (AvgIpc) is 2.55. The lowest BCUT2D eigenvalue weighted by Crippen LogP contribution is -2.37. The second kappa shape index (κ2) is 6.40. The van der Waals surface area contributed by atoms with Gasteiger partial charge in [0.2, 0.25) is 11.2 Å². The average molecular weight is 317 g/mol. The van der Waals surface area contributed by atoms with E-state index in [9.17, 15) is 4.79 Å². The molecule has 1 unspecified atom stereocenters. The summed E-state index contributed by atoms with van der Waals surface area (Å²) >= 11 is 6.09. The number of rotatable bonds is 2. The monoisotopic (exact) mass is 316 g/mol. The van der Waals surface area contributed by atoms with E-state index in [1.165, 1.54) is 0 Å².